The van der Waals surface area contributed by atoms with Crippen LogP contribution in [0, 0.1) is 0 Å². The monoisotopic (exact) mass is 428 g/mol. The Balaban J connectivity index is 1.43. The van der Waals surface area contributed by atoms with Crippen molar-refractivity contribution in [2.75, 3.05) is 39.3 Å². The van der Waals surface area contributed by atoms with Crippen molar-refractivity contribution in [3.63, 3.8) is 0 Å². The van der Waals surface area contributed by atoms with Gasteiger partial charge in [0.2, 0.25) is 5.91 Å². The molecule has 2 atom stereocenters. The van der Waals surface area contributed by atoms with Crippen LogP contribution in [0.3, 0.4) is 0 Å². The summed E-state index contributed by atoms with van der Waals surface area (Å²) in [5, 5.41) is 0. The summed E-state index contributed by atoms with van der Waals surface area (Å²) in [5.74, 6) is 0.259. The second-order valence-electron chi connectivity index (χ2n) is 9.95. The Labute approximate surface area is 189 Å². The standard InChI is InChI=1S/C26H44N4O/c1-5-25(11-6-21(4)29-18-16-28(17-19-29)20(2)3)30-14-12-23(13-15-30)22-7-9-24(10-8-22)26(27)31/h7-10,20-21,23,25H,5-6,11-19H2,1-4H3,(H2,27,31). The Kier molecular flexibility index (Phi) is 8.94. The molecule has 0 aromatic heterocycles. The molecule has 5 heteroatoms. The SMILES string of the molecule is CCC(CCC(C)N1CCN(C(C)C)CC1)N1CCC(c2ccc(C(N)=O)cc2)CC1. The van der Waals surface area contributed by atoms with E-state index in [0.717, 1.165) is 0 Å². The Morgan fingerprint density at radius 1 is 0.903 bits per heavy atom. The molecule has 2 aliphatic rings. The van der Waals surface area contributed by atoms with E-state index in [1.165, 1.54) is 76.9 Å². The van der Waals surface area contributed by atoms with E-state index in [0.29, 0.717) is 29.6 Å². The first-order valence-corrected chi connectivity index (χ1v) is 12.5. The number of primary amides is 1. The molecule has 2 fully saturated rings. The molecule has 0 saturated carbocycles. The van der Waals surface area contributed by atoms with Crippen molar-refractivity contribution in [1.82, 2.24) is 14.7 Å². The summed E-state index contributed by atoms with van der Waals surface area (Å²) in [7, 11) is 0. The lowest BCUT2D eigenvalue weighted by molar-refractivity contribution is 0.0729. The Morgan fingerprint density at radius 2 is 1.48 bits per heavy atom. The Hall–Kier alpha value is -1.43. The average Bonchev–Trinajstić information content (AvgIpc) is 2.80. The first-order chi connectivity index (χ1) is 14.9. The summed E-state index contributed by atoms with van der Waals surface area (Å²) in [6.07, 6.45) is 6.26. The fraction of sp³-hybridized carbons (Fsp3) is 0.731. The third kappa shape index (κ3) is 6.53. The molecule has 3 rings (SSSR count). The number of likely N-dealkylation sites (tertiary alicyclic amines) is 1. The number of nitrogens with two attached hydrogens (primary N) is 1. The molecule has 0 radical (unpaired) electrons. The molecule has 2 N–H and O–H groups in total. The van der Waals surface area contributed by atoms with Gasteiger partial charge in [-0.25, -0.2) is 0 Å². The lowest BCUT2D eigenvalue weighted by Crippen LogP contribution is -2.51. The van der Waals surface area contributed by atoms with Crippen LogP contribution < -0.4 is 5.73 Å². The third-order valence-corrected chi connectivity index (χ3v) is 7.80. The van der Waals surface area contributed by atoms with Crippen LogP contribution in [0.15, 0.2) is 24.3 Å². The van der Waals surface area contributed by atoms with E-state index >= 15 is 0 Å². The van der Waals surface area contributed by atoms with Gasteiger partial charge in [0.25, 0.3) is 0 Å². The zero-order valence-corrected chi connectivity index (χ0v) is 20.2. The summed E-state index contributed by atoms with van der Waals surface area (Å²) in [5.41, 5.74) is 7.33. The van der Waals surface area contributed by atoms with Crippen molar-refractivity contribution in [3.05, 3.63) is 35.4 Å². The zero-order chi connectivity index (χ0) is 22.4. The maximum Gasteiger partial charge on any atom is 0.248 e. The molecule has 1 aromatic carbocycles. The topological polar surface area (TPSA) is 52.8 Å². The number of nitrogens with zero attached hydrogens (tertiary/aromatic N) is 3. The summed E-state index contributed by atoms with van der Waals surface area (Å²) < 4.78 is 0. The quantitative estimate of drug-likeness (QED) is 0.647. The van der Waals surface area contributed by atoms with Crippen LogP contribution in [-0.2, 0) is 0 Å². The van der Waals surface area contributed by atoms with Gasteiger partial charge in [0, 0.05) is 49.9 Å². The van der Waals surface area contributed by atoms with E-state index in [-0.39, 0.29) is 5.91 Å². The maximum atomic E-state index is 11.3. The Bertz CT molecular complexity index is 673. The van der Waals surface area contributed by atoms with Gasteiger partial charge in [-0.15, -0.1) is 0 Å². The van der Waals surface area contributed by atoms with E-state index < -0.39 is 0 Å². The fourth-order valence-corrected chi connectivity index (χ4v) is 5.47. The molecule has 31 heavy (non-hydrogen) atoms. The third-order valence-electron chi connectivity index (χ3n) is 7.80. The van der Waals surface area contributed by atoms with Crippen LogP contribution in [0.25, 0.3) is 0 Å². The molecule has 174 valence electrons. The number of carbonyl (C=O) groups excluding carboxylic acids is 1. The van der Waals surface area contributed by atoms with Crippen molar-refractivity contribution < 1.29 is 4.79 Å². The molecular formula is C26H44N4O. The lowest BCUT2D eigenvalue weighted by atomic mass is 9.87. The number of piperidine rings is 1. The molecule has 2 saturated heterocycles. The van der Waals surface area contributed by atoms with E-state index in [9.17, 15) is 4.79 Å². The maximum absolute atomic E-state index is 11.3. The predicted molar refractivity (Wildman–Crippen MR) is 130 cm³/mol. The smallest absolute Gasteiger partial charge is 0.248 e. The number of carbonyl (C=O) groups is 1. The minimum Gasteiger partial charge on any atom is -0.366 e. The van der Waals surface area contributed by atoms with Crippen LogP contribution in [-0.4, -0.2) is 78.0 Å². The van der Waals surface area contributed by atoms with E-state index in [4.69, 9.17) is 5.73 Å². The van der Waals surface area contributed by atoms with Crippen LogP contribution in [0.4, 0.5) is 0 Å². The van der Waals surface area contributed by atoms with Gasteiger partial charge in [-0.2, -0.15) is 0 Å². The van der Waals surface area contributed by atoms with Gasteiger partial charge in [0.15, 0.2) is 0 Å². The van der Waals surface area contributed by atoms with E-state index in [2.05, 4.69) is 54.5 Å². The number of hydrogen-bond acceptors (Lipinski definition) is 4. The van der Waals surface area contributed by atoms with Crippen LogP contribution in [0.1, 0.15) is 81.6 Å². The van der Waals surface area contributed by atoms with Crippen LogP contribution in [0.5, 0.6) is 0 Å². The molecule has 2 heterocycles. The van der Waals surface area contributed by atoms with E-state index in [1.807, 2.05) is 12.1 Å². The van der Waals surface area contributed by atoms with Gasteiger partial charge in [-0.1, -0.05) is 19.1 Å². The fourth-order valence-electron chi connectivity index (χ4n) is 5.47. The number of rotatable bonds is 9. The molecule has 5 nitrogen and oxygen atoms in total. The largest absolute Gasteiger partial charge is 0.366 e. The van der Waals surface area contributed by atoms with Crippen molar-refractivity contribution in [2.45, 2.75) is 83.8 Å². The normalized spacial score (nSPS) is 22.0. The van der Waals surface area contributed by atoms with Gasteiger partial charge in [0.1, 0.15) is 0 Å². The predicted octanol–water partition coefficient (Wildman–Crippen LogP) is 3.94. The molecule has 2 aliphatic heterocycles. The van der Waals surface area contributed by atoms with Crippen molar-refractivity contribution in [1.29, 1.82) is 0 Å². The van der Waals surface area contributed by atoms with Gasteiger partial charge in [0.05, 0.1) is 0 Å². The highest BCUT2D eigenvalue weighted by atomic mass is 16.1. The van der Waals surface area contributed by atoms with Gasteiger partial charge < -0.3 is 10.6 Å². The van der Waals surface area contributed by atoms with Gasteiger partial charge in [-0.05, 0) is 89.6 Å². The van der Waals surface area contributed by atoms with Crippen LogP contribution >= 0.6 is 0 Å². The van der Waals surface area contributed by atoms with E-state index in [1.54, 1.807) is 0 Å². The summed E-state index contributed by atoms with van der Waals surface area (Å²) in [6, 6.07) is 10.0. The zero-order valence-electron chi connectivity index (χ0n) is 20.2. The second-order valence-corrected chi connectivity index (χ2v) is 9.95. The highest BCUT2D eigenvalue weighted by molar-refractivity contribution is 5.92. The van der Waals surface area contributed by atoms with Crippen molar-refractivity contribution in [3.8, 4) is 0 Å². The number of hydrogen-bond donors (Lipinski definition) is 1. The van der Waals surface area contributed by atoms with Crippen molar-refractivity contribution >= 4 is 5.91 Å². The second kappa shape index (κ2) is 11.4. The summed E-state index contributed by atoms with van der Waals surface area (Å²) in [4.78, 5) is 19.3. The minimum absolute atomic E-state index is 0.344. The minimum atomic E-state index is -0.344. The van der Waals surface area contributed by atoms with Gasteiger partial charge >= 0.3 is 0 Å². The number of piperazine rings is 1. The number of benzene rings is 1. The molecule has 1 amide bonds. The summed E-state index contributed by atoms with van der Waals surface area (Å²) in [6.45, 7) is 16.6. The van der Waals surface area contributed by atoms with Crippen LogP contribution in [0.2, 0.25) is 0 Å². The lowest BCUT2D eigenvalue weighted by Gasteiger charge is -2.41. The molecule has 0 aliphatic carbocycles. The summed E-state index contributed by atoms with van der Waals surface area (Å²) >= 11 is 0. The molecule has 2 unspecified atom stereocenters. The van der Waals surface area contributed by atoms with Crippen molar-refractivity contribution in [2.24, 2.45) is 5.73 Å². The van der Waals surface area contributed by atoms with Gasteiger partial charge in [-0.3, -0.25) is 14.6 Å². The molecule has 0 bridgehead atoms. The highest BCUT2D eigenvalue weighted by Crippen LogP contribution is 2.30. The number of amides is 1. The molecule has 1 aromatic rings. The molecule has 0 spiro atoms. The first kappa shape index (κ1) is 24.2. The Morgan fingerprint density at radius 3 is 2.00 bits per heavy atom. The first-order valence-electron chi connectivity index (χ1n) is 12.5. The molecular weight excluding hydrogens is 384 g/mol. The highest BCUT2D eigenvalue weighted by Gasteiger charge is 2.27. The average molecular weight is 429 g/mol.